The van der Waals surface area contributed by atoms with Crippen molar-refractivity contribution in [1.82, 2.24) is 10.3 Å². The number of pyridine rings is 1. The van der Waals surface area contributed by atoms with Crippen LogP contribution in [0.15, 0.2) is 18.2 Å². The van der Waals surface area contributed by atoms with Gasteiger partial charge in [0.05, 0.1) is 7.11 Å². The van der Waals surface area contributed by atoms with Crippen LogP contribution in [0.4, 0.5) is 5.82 Å². The summed E-state index contributed by atoms with van der Waals surface area (Å²) in [5, 5.41) is 3.63. The van der Waals surface area contributed by atoms with Gasteiger partial charge in [-0.25, -0.2) is 0 Å². The van der Waals surface area contributed by atoms with E-state index in [9.17, 15) is 0 Å². The average molecular weight is 277 g/mol. The number of nitrogens with one attached hydrogen (secondary N) is 1. The molecule has 112 valence electrons. The number of anilines is 1. The standard InChI is InChI=1S/C16H27N3O/c1-4-12-17-13-8-10-14(11-9-13)19(2)15-6-5-7-16(18-15)20-3/h5-7,13-14,17H,4,8-12H2,1-3H3. The Balaban J connectivity index is 1.89. The zero-order valence-corrected chi connectivity index (χ0v) is 12.9. The molecule has 1 saturated carbocycles. The molecule has 1 aromatic rings. The third-order valence-corrected chi connectivity index (χ3v) is 4.21. The van der Waals surface area contributed by atoms with Gasteiger partial charge in [0, 0.05) is 25.2 Å². The molecule has 1 heterocycles. The van der Waals surface area contributed by atoms with Gasteiger partial charge in [-0.2, -0.15) is 4.98 Å². The van der Waals surface area contributed by atoms with Crippen molar-refractivity contribution in [3.8, 4) is 5.88 Å². The SMILES string of the molecule is CCCNC1CCC(N(C)c2cccc(OC)n2)CC1. The summed E-state index contributed by atoms with van der Waals surface area (Å²) in [6.07, 6.45) is 6.21. The summed E-state index contributed by atoms with van der Waals surface area (Å²) >= 11 is 0. The van der Waals surface area contributed by atoms with Gasteiger partial charge >= 0.3 is 0 Å². The number of methoxy groups -OCH3 is 1. The summed E-state index contributed by atoms with van der Waals surface area (Å²) in [5.74, 6) is 1.70. The predicted molar refractivity (Wildman–Crippen MR) is 83.5 cm³/mol. The molecule has 0 aromatic carbocycles. The van der Waals surface area contributed by atoms with Crippen LogP contribution in [-0.2, 0) is 0 Å². The fraction of sp³-hybridized carbons (Fsp3) is 0.688. The number of hydrogen-bond acceptors (Lipinski definition) is 4. The van der Waals surface area contributed by atoms with Gasteiger partial charge in [0.25, 0.3) is 0 Å². The highest BCUT2D eigenvalue weighted by molar-refractivity contribution is 5.41. The van der Waals surface area contributed by atoms with Crippen LogP contribution in [0, 0.1) is 0 Å². The van der Waals surface area contributed by atoms with Gasteiger partial charge in [0.1, 0.15) is 5.82 Å². The van der Waals surface area contributed by atoms with Crippen LogP contribution in [0.5, 0.6) is 5.88 Å². The Morgan fingerprint density at radius 3 is 2.70 bits per heavy atom. The Kier molecular flexibility index (Phi) is 5.65. The molecule has 1 aliphatic rings. The zero-order valence-electron chi connectivity index (χ0n) is 12.9. The van der Waals surface area contributed by atoms with Crippen molar-refractivity contribution in [3.05, 3.63) is 18.2 Å². The molecule has 0 aliphatic heterocycles. The average Bonchev–Trinajstić information content (AvgIpc) is 2.52. The zero-order chi connectivity index (χ0) is 14.4. The second-order valence-electron chi connectivity index (χ2n) is 5.61. The van der Waals surface area contributed by atoms with E-state index in [1.165, 1.54) is 32.1 Å². The highest BCUT2D eigenvalue weighted by atomic mass is 16.5. The van der Waals surface area contributed by atoms with E-state index in [2.05, 4.69) is 35.2 Å². The third kappa shape index (κ3) is 3.85. The molecule has 2 rings (SSSR count). The lowest BCUT2D eigenvalue weighted by molar-refractivity contribution is 0.336. The Morgan fingerprint density at radius 1 is 1.30 bits per heavy atom. The quantitative estimate of drug-likeness (QED) is 0.867. The van der Waals surface area contributed by atoms with Crippen LogP contribution >= 0.6 is 0 Å². The Bertz CT molecular complexity index is 402. The lowest BCUT2D eigenvalue weighted by Gasteiger charge is -2.35. The van der Waals surface area contributed by atoms with Crippen molar-refractivity contribution in [1.29, 1.82) is 0 Å². The number of ether oxygens (including phenoxy) is 1. The lowest BCUT2D eigenvalue weighted by atomic mass is 9.90. The molecule has 0 bridgehead atoms. The molecule has 1 aromatic heterocycles. The summed E-state index contributed by atoms with van der Waals surface area (Å²) in [4.78, 5) is 6.83. The first kappa shape index (κ1) is 15.1. The van der Waals surface area contributed by atoms with Crippen LogP contribution in [0.25, 0.3) is 0 Å². The molecule has 0 spiro atoms. The second kappa shape index (κ2) is 7.48. The first-order valence-electron chi connectivity index (χ1n) is 7.71. The molecule has 1 aliphatic carbocycles. The minimum Gasteiger partial charge on any atom is -0.481 e. The van der Waals surface area contributed by atoms with Crippen molar-refractivity contribution >= 4 is 5.82 Å². The van der Waals surface area contributed by atoms with Gasteiger partial charge in [-0.15, -0.1) is 0 Å². The minimum absolute atomic E-state index is 0.592. The fourth-order valence-electron chi connectivity index (χ4n) is 2.92. The van der Waals surface area contributed by atoms with Gasteiger partial charge in [0.15, 0.2) is 0 Å². The summed E-state index contributed by atoms with van der Waals surface area (Å²) in [6.45, 7) is 3.36. The summed E-state index contributed by atoms with van der Waals surface area (Å²) in [5.41, 5.74) is 0. The Labute approximate surface area is 122 Å². The second-order valence-corrected chi connectivity index (χ2v) is 5.61. The molecule has 4 heteroatoms. The topological polar surface area (TPSA) is 37.4 Å². The van der Waals surface area contributed by atoms with Crippen molar-refractivity contribution < 1.29 is 4.74 Å². The van der Waals surface area contributed by atoms with Gasteiger partial charge in [-0.1, -0.05) is 13.0 Å². The summed E-state index contributed by atoms with van der Waals surface area (Å²) in [7, 11) is 3.81. The molecule has 0 amide bonds. The number of aromatic nitrogens is 1. The van der Waals surface area contributed by atoms with Gasteiger partial charge in [-0.05, 0) is 44.7 Å². The van der Waals surface area contributed by atoms with E-state index in [-0.39, 0.29) is 0 Å². The maximum absolute atomic E-state index is 5.21. The van der Waals surface area contributed by atoms with E-state index >= 15 is 0 Å². The third-order valence-electron chi connectivity index (χ3n) is 4.21. The van der Waals surface area contributed by atoms with Crippen molar-refractivity contribution in [2.75, 3.05) is 25.6 Å². The minimum atomic E-state index is 0.592. The van der Waals surface area contributed by atoms with E-state index in [1.807, 2.05) is 12.1 Å². The molecular weight excluding hydrogens is 250 g/mol. The van der Waals surface area contributed by atoms with E-state index in [0.29, 0.717) is 18.0 Å². The molecule has 0 radical (unpaired) electrons. The van der Waals surface area contributed by atoms with Gasteiger partial charge < -0.3 is 15.0 Å². The van der Waals surface area contributed by atoms with E-state index < -0.39 is 0 Å². The van der Waals surface area contributed by atoms with Gasteiger partial charge in [0.2, 0.25) is 5.88 Å². The first-order valence-corrected chi connectivity index (χ1v) is 7.71. The van der Waals surface area contributed by atoms with E-state index in [0.717, 1.165) is 12.4 Å². The smallest absolute Gasteiger partial charge is 0.214 e. The van der Waals surface area contributed by atoms with Crippen LogP contribution < -0.4 is 15.0 Å². The summed E-state index contributed by atoms with van der Waals surface area (Å²) in [6, 6.07) is 7.26. The van der Waals surface area contributed by atoms with E-state index in [1.54, 1.807) is 7.11 Å². The lowest BCUT2D eigenvalue weighted by Crippen LogP contribution is -2.41. The predicted octanol–water partition coefficient (Wildman–Crippen LogP) is 2.84. The Hall–Kier alpha value is -1.29. The largest absolute Gasteiger partial charge is 0.481 e. The molecule has 0 atom stereocenters. The fourth-order valence-corrected chi connectivity index (χ4v) is 2.92. The van der Waals surface area contributed by atoms with Crippen LogP contribution in [-0.4, -0.2) is 37.8 Å². The molecule has 4 nitrogen and oxygen atoms in total. The molecule has 0 saturated heterocycles. The van der Waals surface area contributed by atoms with Crippen molar-refractivity contribution in [2.24, 2.45) is 0 Å². The molecule has 0 unspecified atom stereocenters. The number of rotatable bonds is 6. The van der Waals surface area contributed by atoms with Crippen molar-refractivity contribution in [2.45, 2.75) is 51.1 Å². The van der Waals surface area contributed by atoms with Gasteiger partial charge in [-0.3, -0.25) is 0 Å². The maximum Gasteiger partial charge on any atom is 0.214 e. The molecule has 20 heavy (non-hydrogen) atoms. The molecular formula is C16H27N3O. The monoisotopic (exact) mass is 277 g/mol. The highest BCUT2D eigenvalue weighted by Gasteiger charge is 2.24. The normalized spacial score (nSPS) is 22.6. The highest BCUT2D eigenvalue weighted by Crippen LogP contribution is 2.26. The molecule has 1 fully saturated rings. The number of nitrogens with zero attached hydrogens (tertiary/aromatic N) is 2. The first-order chi connectivity index (χ1) is 9.74. The van der Waals surface area contributed by atoms with Crippen LogP contribution in [0.2, 0.25) is 0 Å². The van der Waals surface area contributed by atoms with Crippen LogP contribution in [0.1, 0.15) is 39.0 Å². The number of hydrogen-bond donors (Lipinski definition) is 1. The summed E-state index contributed by atoms with van der Waals surface area (Å²) < 4.78 is 5.21. The maximum atomic E-state index is 5.21. The van der Waals surface area contributed by atoms with Crippen LogP contribution in [0.3, 0.4) is 0 Å². The van der Waals surface area contributed by atoms with Crippen molar-refractivity contribution in [3.63, 3.8) is 0 Å². The van der Waals surface area contributed by atoms with E-state index in [4.69, 9.17) is 4.74 Å². The molecule has 1 N–H and O–H groups in total. The Morgan fingerprint density at radius 2 is 2.05 bits per heavy atom.